The van der Waals surface area contributed by atoms with Gasteiger partial charge in [0.2, 0.25) is 5.91 Å². The Morgan fingerprint density at radius 1 is 0.640 bits per heavy atom. The van der Waals surface area contributed by atoms with Gasteiger partial charge in [0.15, 0.2) is 0 Å². The van der Waals surface area contributed by atoms with Gasteiger partial charge in [0.1, 0.15) is 6.04 Å². The molecule has 2 aliphatic carbocycles. The maximum atomic E-state index is 12.8. The summed E-state index contributed by atoms with van der Waals surface area (Å²) >= 11 is 0. The van der Waals surface area contributed by atoms with Crippen LogP contribution in [-0.4, -0.2) is 41.5 Å². The van der Waals surface area contributed by atoms with Gasteiger partial charge >= 0.3 is 6.03 Å². The van der Waals surface area contributed by atoms with Crippen molar-refractivity contribution in [2.75, 3.05) is 6.54 Å². The number of carbonyl (C=O) groups is 2. The van der Waals surface area contributed by atoms with E-state index in [1.165, 1.54) is 51.4 Å². The maximum absolute atomic E-state index is 12.8. The summed E-state index contributed by atoms with van der Waals surface area (Å²) in [6, 6.07) is 0.309. The first-order chi connectivity index (χ1) is 12.2. The molecule has 3 amide bonds. The van der Waals surface area contributed by atoms with Crippen molar-refractivity contribution in [2.24, 2.45) is 0 Å². The van der Waals surface area contributed by atoms with Crippen molar-refractivity contribution in [3.05, 3.63) is 0 Å². The van der Waals surface area contributed by atoms with E-state index in [2.05, 4.69) is 10.6 Å². The molecule has 0 radical (unpaired) electrons. The minimum absolute atomic E-state index is 0.0257. The number of rotatable bonds is 3. The summed E-state index contributed by atoms with van der Waals surface area (Å²) in [5.41, 5.74) is 0. The Kier molecular flexibility index (Phi) is 7.00. The Balaban J connectivity index is 1.50. The molecule has 2 saturated carbocycles. The van der Waals surface area contributed by atoms with Crippen LogP contribution >= 0.6 is 0 Å². The monoisotopic (exact) mass is 349 g/mol. The Bertz CT molecular complexity index is 440. The molecule has 1 aliphatic heterocycles. The molecule has 5 heteroatoms. The highest BCUT2D eigenvalue weighted by molar-refractivity contribution is 5.87. The van der Waals surface area contributed by atoms with Crippen LogP contribution in [0.25, 0.3) is 0 Å². The number of urea groups is 1. The summed E-state index contributed by atoms with van der Waals surface area (Å²) in [4.78, 5) is 27.2. The highest BCUT2D eigenvalue weighted by atomic mass is 16.2. The zero-order chi connectivity index (χ0) is 17.5. The van der Waals surface area contributed by atoms with Crippen molar-refractivity contribution in [1.29, 1.82) is 0 Å². The second kappa shape index (κ2) is 9.44. The van der Waals surface area contributed by atoms with Crippen molar-refractivity contribution in [3.63, 3.8) is 0 Å². The molecule has 1 heterocycles. The molecule has 0 aromatic heterocycles. The third kappa shape index (κ3) is 5.35. The molecule has 0 aromatic carbocycles. The standard InChI is InChI=1S/C20H35N3O2/c24-19(21-16-10-5-2-1-3-6-11-16)18-14-9-15-23(18)20(25)22-17-12-7-4-8-13-17/h16-18H,1-15H2,(H,21,24)(H,22,25). The van der Waals surface area contributed by atoms with Crippen LogP contribution in [-0.2, 0) is 4.79 Å². The first kappa shape index (κ1) is 18.5. The molecule has 1 unspecified atom stereocenters. The van der Waals surface area contributed by atoms with Crippen LogP contribution in [0.3, 0.4) is 0 Å². The van der Waals surface area contributed by atoms with E-state index in [9.17, 15) is 9.59 Å². The van der Waals surface area contributed by atoms with Crippen LogP contribution in [0.15, 0.2) is 0 Å². The average molecular weight is 350 g/mol. The molecular weight excluding hydrogens is 314 g/mol. The Morgan fingerprint density at radius 2 is 1.16 bits per heavy atom. The summed E-state index contributed by atoms with van der Waals surface area (Å²) in [7, 11) is 0. The van der Waals surface area contributed by atoms with E-state index in [4.69, 9.17) is 0 Å². The number of nitrogens with one attached hydrogen (secondary N) is 2. The fraction of sp³-hybridized carbons (Fsp3) is 0.900. The largest absolute Gasteiger partial charge is 0.352 e. The van der Waals surface area contributed by atoms with Gasteiger partial charge in [-0.2, -0.15) is 0 Å². The number of carbonyl (C=O) groups excluding carboxylic acids is 2. The second-order valence-electron chi connectivity index (χ2n) is 8.19. The molecule has 1 atom stereocenters. The van der Waals surface area contributed by atoms with Crippen LogP contribution < -0.4 is 10.6 Å². The Labute approximate surface area is 152 Å². The summed E-state index contributed by atoms with van der Waals surface area (Å²) in [5.74, 6) is 0.0712. The van der Waals surface area contributed by atoms with Gasteiger partial charge in [-0.05, 0) is 38.5 Å². The summed E-state index contributed by atoms with van der Waals surface area (Å²) in [6.45, 7) is 0.710. The van der Waals surface area contributed by atoms with Gasteiger partial charge in [-0.15, -0.1) is 0 Å². The van der Waals surface area contributed by atoms with E-state index in [1.807, 2.05) is 0 Å². The quantitative estimate of drug-likeness (QED) is 0.816. The molecular formula is C20H35N3O2. The number of nitrogens with zero attached hydrogens (tertiary/aromatic N) is 1. The molecule has 3 aliphatic rings. The third-order valence-corrected chi connectivity index (χ3v) is 6.20. The fourth-order valence-corrected chi connectivity index (χ4v) is 4.68. The van der Waals surface area contributed by atoms with Crippen LogP contribution in [0.2, 0.25) is 0 Å². The van der Waals surface area contributed by atoms with Crippen molar-refractivity contribution < 1.29 is 9.59 Å². The lowest BCUT2D eigenvalue weighted by atomic mass is 9.96. The fourth-order valence-electron chi connectivity index (χ4n) is 4.68. The predicted molar refractivity (Wildman–Crippen MR) is 99.4 cm³/mol. The molecule has 3 rings (SSSR count). The molecule has 0 spiro atoms. The molecule has 25 heavy (non-hydrogen) atoms. The lowest BCUT2D eigenvalue weighted by Crippen LogP contribution is -2.53. The lowest BCUT2D eigenvalue weighted by Gasteiger charge is -2.30. The summed E-state index contributed by atoms with van der Waals surface area (Å²) in [6.07, 6.45) is 16.1. The normalized spacial score (nSPS) is 26.7. The van der Waals surface area contributed by atoms with Gasteiger partial charge in [0, 0.05) is 18.6 Å². The third-order valence-electron chi connectivity index (χ3n) is 6.20. The SMILES string of the molecule is O=C(NC1CCCCCCC1)C1CCCN1C(=O)NC1CCCCC1. The van der Waals surface area contributed by atoms with E-state index in [0.29, 0.717) is 18.6 Å². The Hall–Kier alpha value is -1.26. The van der Waals surface area contributed by atoms with Gasteiger partial charge in [0.25, 0.3) is 0 Å². The van der Waals surface area contributed by atoms with E-state index in [-0.39, 0.29) is 18.0 Å². The molecule has 142 valence electrons. The van der Waals surface area contributed by atoms with Gasteiger partial charge in [0.05, 0.1) is 0 Å². The summed E-state index contributed by atoms with van der Waals surface area (Å²) < 4.78 is 0. The maximum Gasteiger partial charge on any atom is 0.318 e. The van der Waals surface area contributed by atoms with Gasteiger partial charge in [-0.1, -0.05) is 51.4 Å². The first-order valence-electron chi connectivity index (χ1n) is 10.6. The minimum atomic E-state index is -0.269. The van der Waals surface area contributed by atoms with Gasteiger partial charge in [-0.25, -0.2) is 4.79 Å². The number of hydrogen-bond donors (Lipinski definition) is 2. The zero-order valence-corrected chi connectivity index (χ0v) is 15.6. The Morgan fingerprint density at radius 3 is 1.80 bits per heavy atom. The van der Waals surface area contributed by atoms with E-state index >= 15 is 0 Å². The number of amides is 3. The first-order valence-corrected chi connectivity index (χ1v) is 10.6. The molecule has 0 aromatic rings. The van der Waals surface area contributed by atoms with Gasteiger partial charge < -0.3 is 15.5 Å². The molecule has 0 bridgehead atoms. The van der Waals surface area contributed by atoms with Crippen molar-refractivity contribution >= 4 is 11.9 Å². The van der Waals surface area contributed by atoms with E-state index < -0.39 is 0 Å². The summed E-state index contributed by atoms with van der Waals surface area (Å²) in [5, 5.41) is 6.43. The van der Waals surface area contributed by atoms with Crippen LogP contribution in [0.4, 0.5) is 4.79 Å². The smallest absolute Gasteiger partial charge is 0.318 e. The molecule has 1 saturated heterocycles. The lowest BCUT2D eigenvalue weighted by molar-refractivity contribution is -0.125. The topological polar surface area (TPSA) is 61.4 Å². The van der Waals surface area contributed by atoms with Crippen LogP contribution in [0.1, 0.15) is 89.9 Å². The average Bonchev–Trinajstić information content (AvgIpc) is 3.08. The molecule has 2 N–H and O–H groups in total. The second-order valence-corrected chi connectivity index (χ2v) is 8.19. The van der Waals surface area contributed by atoms with E-state index in [0.717, 1.165) is 38.5 Å². The van der Waals surface area contributed by atoms with Crippen molar-refractivity contribution in [3.8, 4) is 0 Å². The van der Waals surface area contributed by atoms with Crippen molar-refractivity contribution in [1.82, 2.24) is 15.5 Å². The number of hydrogen-bond acceptors (Lipinski definition) is 2. The highest BCUT2D eigenvalue weighted by Crippen LogP contribution is 2.22. The predicted octanol–water partition coefficient (Wildman–Crippen LogP) is 3.72. The number of likely N-dealkylation sites (tertiary alicyclic amines) is 1. The van der Waals surface area contributed by atoms with Crippen LogP contribution in [0.5, 0.6) is 0 Å². The van der Waals surface area contributed by atoms with Crippen molar-refractivity contribution in [2.45, 2.75) is 108 Å². The molecule has 5 nitrogen and oxygen atoms in total. The minimum Gasteiger partial charge on any atom is -0.352 e. The van der Waals surface area contributed by atoms with E-state index in [1.54, 1.807) is 4.90 Å². The highest BCUT2D eigenvalue weighted by Gasteiger charge is 2.35. The van der Waals surface area contributed by atoms with Gasteiger partial charge in [-0.3, -0.25) is 4.79 Å². The molecule has 3 fully saturated rings. The van der Waals surface area contributed by atoms with Crippen LogP contribution in [0, 0.1) is 0 Å². The zero-order valence-electron chi connectivity index (χ0n) is 15.6.